The van der Waals surface area contributed by atoms with Crippen LogP contribution in [0.2, 0.25) is 0 Å². The van der Waals surface area contributed by atoms with Crippen LogP contribution in [0, 0.1) is 10.1 Å². The fraction of sp³-hybridized carbons (Fsp3) is 0.200. The number of hydrogen-bond acceptors (Lipinski definition) is 6. The van der Waals surface area contributed by atoms with Crippen LogP contribution in [-0.2, 0) is 0 Å². The average molecular weight is 265 g/mol. The highest BCUT2D eigenvalue weighted by atomic mass is 32.2. The van der Waals surface area contributed by atoms with Gasteiger partial charge in [-0.2, -0.15) is 0 Å². The molecule has 0 bridgehead atoms. The maximum atomic E-state index is 10.6. The van der Waals surface area contributed by atoms with E-state index < -0.39 is 0 Å². The molecule has 0 radical (unpaired) electrons. The molecule has 0 N–H and O–H groups in total. The van der Waals surface area contributed by atoms with Crippen molar-refractivity contribution in [1.82, 2.24) is 9.97 Å². The summed E-state index contributed by atoms with van der Waals surface area (Å²) in [6.45, 7) is 0. The highest BCUT2D eigenvalue weighted by Crippen LogP contribution is 2.45. The van der Waals surface area contributed by atoms with Gasteiger partial charge in [0.2, 0.25) is 0 Å². The molecule has 7 heteroatoms. The number of allylic oxidation sites excluding steroid dienone is 1. The van der Waals surface area contributed by atoms with Crippen LogP contribution in [0.4, 0.5) is 0 Å². The van der Waals surface area contributed by atoms with Gasteiger partial charge in [-0.15, -0.1) is 11.3 Å². The Labute approximate surface area is 105 Å². The first-order valence-corrected chi connectivity index (χ1v) is 6.65. The summed E-state index contributed by atoms with van der Waals surface area (Å²) in [7, 11) is 0. The summed E-state index contributed by atoms with van der Waals surface area (Å²) in [6, 6.07) is 1.91. The number of nitro groups is 1. The second kappa shape index (κ2) is 4.08. The molecular weight excluding hydrogens is 258 g/mol. The Kier molecular flexibility index (Phi) is 2.56. The van der Waals surface area contributed by atoms with Gasteiger partial charge in [-0.05, 0) is 24.2 Å². The average Bonchev–Trinajstić information content (AvgIpc) is 2.95. The summed E-state index contributed by atoms with van der Waals surface area (Å²) in [5, 5.41) is 11.9. The molecule has 2 aromatic rings. The van der Waals surface area contributed by atoms with Crippen LogP contribution < -0.4 is 0 Å². The molecule has 0 saturated carbocycles. The van der Waals surface area contributed by atoms with Gasteiger partial charge in [0, 0.05) is 12.3 Å². The quantitative estimate of drug-likeness (QED) is 0.616. The van der Waals surface area contributed by atoms with Crippen molar-refractivity contribution < 1.29 is 4.92 Å². The van der Waals surface area contributed by atoms with Crippen molar-refractivity contribution in [2.24, 2.45) is 0 Å². The van der Waals surface area contributed by atoms with Gasteiger partial charge in [0.05, 0.1) is 26.6 Å². The largest absolute Gasteiger partial charge is 0.299 e. The SMILES string of the molecule is O=[N+]([O-])C1=CCC(c2nc3cnccc3s2)S1. The number of pyridine rings is 1. The molecule has 86 valence electrons. The third kappa shape index (κ3) is 1.91. The van der Waals surface area contributed by atoms with Crippen LogP contribution in [-0.4, -0.2) is 14.9 Å². The fourth-order valence-electron chi connectivity index (χ4n) is 1.65. The molecule has 17 heavy (non-hydrogen) atoms. The van der Waals surface area contributed by atoms with Gasteiger partial charge in [-0.1, -0.05) is 0 Å². The zero-order valence-corrected chi connectivity index (χ0v) is 10.2. The van der Waals surface area contributed by atoms with E-state index in [-0.39, 0.29) is 15.2 Å². The first kappa shape index (κ1) is 10.7. The van der Waals surface area contributed by atoms with Gasteiger partial charge in [0.25, 0.3) is 5.03 Å². The van der Waals surface area contributed by atoms with Crippen LogP contribution in [0.15, 0.2) is 29.6 Å². The molecular formula is C10H7N3O2S2. The third-order valence-corrected chi connectivity index (χ3v) is 4.99. The number of thioether (sulfide) groups is 1. The van der Waals surface area contributed by atoms with E-state index in [2.05, 4.69) is 9.97 Å². The molecule has 0 spiro atoms. The molecule has 0 fully saturated rings. The molecule has 2 aromatic heterocycles. The van der Waals surface area contributed by atoms with Gasteiger partial charge in [0.1, 0.15) is 5.01 Å². The van der Waals surface area contributed by atoms with Crippen molar-refractivity contribution in [3.63, 3.8) is 0 Å². The van der Waals surface area contributed by atoms with Gasteiger partial charge in [0.15, 0.2) is 0 Å². The van der Waals surface area contributed by atoms with E-state index in [0.717, 1.165) is 15.2 Å². The summed E-state index contributed by atoms with van der Waals surface area (Å²) < 4.78 is 1.07. The highest BCUT2D eigenvalue weighted by Gasteiger charge is 2.29. The van der Waals surface area contributed by atoms with Crippen molar-refractivity contribution in [3.8, 4) is 0 Å². The van der Waals surface area contributed by atoms with Crippen molar-refractivity contribution in [2.45, 2.75) is 11.7 Å². The van der Waals surface area contributed by atoms with Crippen LogP contribution in [0.5, 0.6) is 0 Å². The molecule has 1 aliphatic rings. The minimum Gasteiger partial charge on any atom is -0.262 e. The molecule has 1 atom stereocenters. The molecule has 1 unspecified atom stereocenters. The number of hydrogen-bond donors (Lipinski definition) is 0. The third-order valence-electron chi connectivity index (χ3n) is 2.43. The van der Waals surface area contributed by atoms with E-state index >= 15 is 0 Å². The Morgan fingerprint density at radius 3 is 3.12 bits per heavy atom. The summed E-state index contributed by atoms with van der Waals surface area (Å²) in [5.74, 6) is 0. The summed E-state index contributed by atoms with van der Waals surface area (Å²) in [4.78, 5) is 18.8. The molecule has 1 aliphatic heterocycles. The zero-order chi connectivity index (χ0) is 11.8. The van der Waals surface area contributed by atoms with Gasteiger partial charge in [-0.3, -0.25) is 15.1 Å². The predicted octanol–water partition coefficient (Wildman–Crippen LogP) is 2.99. The maximum absolute atomic E-state index is 10.6. The zero-order valence-electron chi connectivity index (χ0n) is 8.57. The van der Waals surface area contributed by atoms with Gasteiger partial charge in [-0.25, -0.2) is 4.98 Å². The molecule has 3 rings (SSSR count). The standard InChI is InChI=1S/C10H7N3O2S2/c14-13(15)9-2-1-8(16-9)10-12-6-5-11-4-3-7(6)17-10/h2-5,8H,1H2. The lowest BCUT2D eigenvalue weighted by Gasteiger charge is -2.01. The fourth-order valence-corrected chi connectivity index (χ4v) is 3.79. The molecule has 0 amide bonds. The second-order valence-electron chi connectivity index (χ2n) is 3.54. The minimum absolute atomic E-state index is 0.0767. The number of rotatable bonds is 2. The molecule has 0 aliphatic carbocycles. The van der Waals surface area contributed by atoms with Crippen molar-refractivity contribution in [1.29, 1.82) is 0 Å². The summed E-state index contributed by atoms with van der Waals surface area (Å²) in [5.41, 5.74) is 0.864. The number of fused-ring (bicyclic) bond motifs is 1. The Morgan fingerprint density at radius 2 is 2.41 bits per heavy atom. The van der Waals surface area contributed by atoms with Gasteiger partial charge < -0.3 is 0 Å². The number of thiazole rings is 1. The molecule has 5 nitrogen and oxygen atoms in total. The van der Waals surface area contributed by atoms with E-state index in [1.165, 1.54) is 11.8 Å². The summed E-state index contributed by atoms with van der Waals surface area (Å²) >= 11 is 2.86. The van der Waals surface area contributed by atoms with E-state index in [1.54, 1.807) is 29.8 Å². The normalized spacial score (nSPS) is 19.5. The number of aromatic nitrogens is 2. The van der Waals surface area contributed by atoms with E-state index in [0.29, 0.717) is 6.42 Å². The molecule has 3 heterocycles. The molecule has 0 saturated heterocycles. The Bertz CT molecular complexity index is 590. The van der Waals surface area contributed by atoms with Crippen molar-refractivity contribution >= 4 is 33.3 Å². The van der Waals surface area contributed by atoms with Crippen molar-refractivity contribution in [3.05, 3.63) is 44.7 Å². The lowest BCUT2D eigenvalue weighted by molar-refractivity contribution is -0.410. The maximum Gasteiger partial charge on any atom is 0.299 e. The Hall–Kier alpha value is -1.47. The summed E-state index contributed by atoms with van der Waals surface area (Å²) in [6.07, 6.45) is 5.79. The van der Waals surface area contributed by atoms with E-state index in [9.17, 15) is 10.1 Å². The van der Waals surface area contributed by atoms with Crippen LogP contribution in [0.25, 0.3) is 10.2 Å². The second-order valence-corrected chi connectivity index (χ2v) is 5.82. The highest BCUT2D eigenvalue weighted by molar-refractivity contribution is 8.03. The Morgan fingerprint density at radius 1 is 1.53 bits per heavy atom. The Balaban J connectivity index is 1.89. The van der Waals surface area contributed by atoms with Crippen LogP contribution in [0.3, 0.4) is 0 Å². The van der Waals surface area contributed by atoms with Crippen LogP contribution in [0.1, 0.15) is 16.7 Å². The van der Waals surface area contributed by atoms with Crippen LogP contribution >= 0.6 is 23.1 Å². The topological polar surface area (TPSA) is 68.9 Å². The van der Waals surface area contributed by atoms with Gasteiger partial charge >= 0.3 is 0 Å². The monoisotopic (exact) mass is 265 g/mol. The van der Waals surface area contributed by atoms with E-state index in [4.69, 9.17) is 0 Å². The minimum atomic E-state index is -0.334. The first-order chi connectivity index (χ1) is 8.24. The lowest BCUT2D eigenvalue weighted by Crippen LogP contribution is -1.92. The number of nitrogens with zero attached hydrogens (tertiary/aromatic N) is 3. The smallest absolute Gasteiger partial charge is 0.262 e. The lowest BCUT2D eigenvalue weighted by atomic mass is 10.3. The first-order valence-electron chi connectivity index (χ1n) is 4.95. The van der Waals surface area contributed by atoms with Crippen molar-refractivity contribution in [2.75, 3.05) is 0 Å². The molecule has 0 aromatic carbocycles. The van der Waals surface area contributed by atoms with E-state index in [1.807, 2.05) is 6.07 Å². The predicted molar refractivity (Wildman–Crippen MR) is 67.4 cm³/mol.